The average Bonchev–Trinajstić information content (AvgIpc) is 3.24. The first-order chi connectivity index (χ1) is 12.7. The van der Waals surface area contributed by atoms with Gasteiger partial charge in [0.25, 0.3) is 0 Å². The van der Waals surface area contributed by atoms with E-state index < -0.39 is 0 Å². The second kappa shape index (κ2) is 8.19. The van der Waals surface area contributed by atoms with Crippen molar-refractivity contribution in [2.75, 3.05) is 39.4 Å². The van der Waals surface area contributed by atoms with Crippen LogP contribution in [0.3, 0.4) is 0 Å². The molecule has 0 bridgehead atoms. The van der Waals surface area contributed by atoms with Crippen LogP contribution in [0.1, 0.15) is 22.7 Å². The van der Waals surface area contributed by atoms with Crippen LogP contribution >= 0.6 is 35.2 Å². The molecule has 4 rings (SSSR count). The fourth-order valence-electron chi connectivity index (χ4n) is 3.52. The molecule has 0 aromatic carbocycles. The molecule has 0 spiro atoms. The number of thiocarbonyl (C=S) groups is 1. The molecule has 2 atom stereocenters. The van der Waals surface area contributed by atoms with Crippen LogP contribution in [0.5, 0.6) is 0 Å². The molecule has 0 unspecified atom stereocenters. The van der Waals surface area contributed by atoms with Gasteiger partial charge in [0.15, 0.2) is 5.11 Å². The van der Waals surface area contributed by atoms with E-state index in [1.165, 1.54) is 4.88 Å². The monoisotopic (exact) mass is 408 g/mol. The van der Waals surface area contributed by atoms with Gasteiger partial charge in [-0.05, 0) is 36.5 Å². The Labute approximate surface area is 167 Å². The smallest absolute Gasteiger partial charge is 0.170 e. The zero-order valence-corrected chi connectivity index (χ0v) is 16.7. The second-order valence-electron chi connectivity index (χ2n) is 6.42. The lowest BCUT2D eigenvalue weighted by atomic mass is 10.0. The number of nitrogens with zero attached hydrogens (tertiary/aromatic N) is 3. The topological polar surface area (TPSA) is 40.6 Å². The number of halogens is 1. The van der Waals surface area contributed by atoms with E-state index in [2.05, 4.69) is 26.2 Å². The number of hydrogen-bond donors (Lipinski definition) is 1. The van der Waals surface area contributed by atoms with Crippen LogP contribution in [0, 0.1) is 0 Å². The molecule has 1 N–H and O–H groups in total. The quantitative estimate of drug-likeness (QED) is 0.766. The van der Waals surface area contributed by atoms with Crippen LogP contribution in [0.4, 0.5) is 0 Å². The number of morpholine rings is 1. The highest BCUT2D eigenvalue weighted by atomic mass is 35.5. The lowest BCUT2D eigenvalue weighted by Crippen LogP contribution is -2.42. The van der Waals surface area contributed by atoms with Gasteiger partial charge in [-0.15, -0.1) is 11.3 Å². The molecule has 0 amide bonds. The minimum absolute atomic E-state index is 0.0307. The molecule has 0 radical (unpaired) electrons. The summed E-state index contributed by atoms with van der Waals surface area (Å²) in [5.41, 5.74) is 0.998. The van der Waals surface area contributed by atoms with Crippen LogP contribution in [0.2, 0.25) is 4.34 Å². The molecule has 26 heavy (non-hydrogen) atoms. The summed E-state index contributed by atoms with van der Waals surface area (Å²) in [6.45, 7) is 5.41. The van der Waals surface area contributed by atoms with Gasteiger partial charge >= 0.3 is 0 Å². The van der Waals surface area contributed by atoms with Crippen molar-refractivity contribution in [1.82, 2.24) is 20.1 Å². The first-order valence-corrected chi connectivity index (χ1v) is 10.4. The van der Waals surface area contributed by atoms with Crippen molar-refractivity contribution in [2.45, 2.75) is 12.1 Å². The van der Waals surface area contributed by atoms with Crippen LogP contribution in [-0.2, 0) is 4.74 Å². The molecular formula is C18H21ClN4OS2. The number of ether oxygens (including phenoxy) is 1. The number of thiophene rings is 1. The molecule has 0 saturated carbocycles. The normalized spacial score (nSPS) is 24.0. The standard InChI is InChI=1S/C18H21ClN4OS2/c19-15-5-4-14(26-15)17-16(13-3-1-2-6-20-13)21-18(25)23(17)8-7-22-9-11-24-12-10-22/h1-6,16-17H,7-12H2,(H,21,25)/t16-,17-/m0/s1. The van der Waals surface area contributed by atoms with Crippen LogP contribution in [0.15, 0.2) is 36.5 Å². The molecular weight excluding hydrogens is 388 g/mol. The Bertz CT molecular complexity index is 751. The predicted molar refractivity (Wildman–Crippen MR) is 109 cm³/mol. The fraction of sp³-hybridized carbons (Fsp3) is 0.444. The maximum Gasteiger partial charge on any atom is 0.170 e. The summed E-state index contributed by atoms with van der Waals surface area (Å²) in [6.07, 6.45) is 1.83. The number of nitrogens with one attached hydrogen (secondary N) is 1. The molecule has 2 aromatic rings. The highest BCUT2D eigenvalue weighted by Crippen LogP contribution is 2.41. The van der Waals surface area contributed by atoms with E-state index in [1.54, 1.807) is 11.3 Å². The second-order valence-corrected chi connectivity index (χ2v) is 8.55. The Kier molecular flexibility index (Phi) is 5.71. The van der Waals surface area contributed by atoms with Gasteiger partial charge in [0, 0.05) is 37.3 Å². The lowest BCUT2D eigenvalue weighted by molar-refractivity contribution is 0.0351. The van der Waals surface area contributed by atoms with Gasteiger partial charge in [-0.1, -0.05) is 17.7 Å². The van der Waals surface area contributed by atoms with E-state index in [0.717, 1.165) is 54.5 Å². The Balaban J connectivity index is 1.57. The minimum Gasteiger partial charge on any atom is -0.379 e. The molecule has 2 fully saturated rings. The van der Waals surface area contributed by atoms with E-state index in [4.69, 9.17) is 28.6 Å². The number of pyridine rings is 1. The predicted octanol–water partition coefficient (Wildman–Crippen LogP) is 3.10. The van der Waals surface area contributed by atoms with Crippen molar-refractivity contribution < 1.29 is 4.74 Å². The molecule has 138 valence electrons. The summed E-state index contributed by atoms with van der Waals surface area (Å²) in [5.74, 6) is 0. The molecule has 2 aromatic heterocycles. The number of hydrogen-bond acceptors (Lipinski definition) is 5. The van der Waals surface area contributed by atoms with Gasteiger partial charge in [0.1, 0.15) is 0 Å². The van der Waals surface area contributed by atoms with E-state index >= 15 is 0 Å². The van der Waals surface area contributed by atoms with Crippen molar-refractivity contribution in [3.05, 3.63) is 51.4 Å². The van der Waals surface area contributed by atoms with Crippen molar-refractivity contribution in [2.24, 2.45) is 0 Å². The molecule has 2 aliphatic rings. The fourth-order valence-corrected chi connectivity index (χ4v) is 5.06. The summed E-state index contributed by atoms with van der Waals surface area (Å²) >= 11 is 13.5. The third-order valence-corrected chi connectivity index (χ3v) is 6.50. The third-order valence-electron chi connectivity index (χ3n) is 4.84. The van der Waals surface area contributed by atoms with Crippen LogP contribution in [-0.4, -0.2) is 59.3 Å². The van der Waals surface area contributed by atoms with Crippen molar-refractivity contribution in [3.63, 3.8) is 0 Å². The molecule has 0 aliphatic carbocycles. The summed E-state index contributed by atoms with van der Waals surface area (Å²) in [6, 6.07) is 10.2. The maximum atomic E-state index is 6.22. The van der Waals surface area contributed by atoms with E-state index in [-0.39, 0.29) is 12.1 Å². The van der Waals surface area contributed by atoms with E-state index in [9.17, 15) is 0 Å². The van der Waals surface area contributed by atoms with Crippen molar-refractivity contribution in [3.8, 4) is 0 Å². The maximum absolute atomic E-state index is 6.22. The zero-order valence-electron chi connectivity index (χ0n) is 14.3. The molecule has 5 nitrogen and oxygen atoms in total. The summed E-state index contributed by atoms with van der Waals surface area (Å²) < 4.78 is 6.24. The van der Waals surface area contributed by atoms with Gasteiger partial charge in [0.05, 0.1) is 35.3 Å². The highest BCUT2D eigenvalue weighted by molar-refractivity contribution is 7.80. The zero-order chi connectivity index (χ0) is 17.9. The first kappa shape index (κ1) is 18.1. The molecule has 8 heteroatoms. The van der Waals surface area contributed by atoms with Crippen LogP contribution in [0.25, 0.3) is 0 Å². The SMILES string of the molecule is S=C1N[C@@H](c2ccccn2)[C@H](c2ccc(Cl)s2)N1CCN1CCOCC1. The Morgan fingerprint density at radius 3 is 2.77 bits per heavy atom. The van der Waals surface area contributed by atoms with Crippen molar-refractivity contribution >= 4 is 40.3 Å². The van der Waals surface area contributed by atoms with E-state index in [0.29, 0.717) is 0 Å². The average molecular weight is 409 g/mol. The summed E-state index contributed by atoms with van der Waals surface area (Å²) in [7, 11) is 0. The highest BCUT2D eigenvalue weighted by Gasteiger charge is 2.40. The largest absolute Gasteiger partial charge is 0.379 e. The third kappa shape index (κ3) is 3.87. The summed E-state index contributed by atoms with van der Waals surface area (Å²) in [4.78, 5) is 10.5. The van der Waals surface area contributed by atoms with Gasteiger partial charge in [-0.3, -0.25) is 9.88 Å². The van der Waals surface area contributed by atoms with Crippen LogP contribution < -0.4 is 5.32 Å². The van der Waals surface area contributed by atoms with Gasteiger partial charge in [0.2, 0.25) is 0 Å². The molecule has 2 saturated heterocycles. The minimum atomic E-state index is 0.0307. The van der Waals surface area contributed by atoms with Crippen molar-refractivity contribution in [1.29, 1.82) is 0 Å². The summed E-state index contributed by atoms with van der Waals surface area (Å²) in [5, 5.41) is 4.26. The number of rotatable bonds is 5. The van der Waals surface area contributed by atoms with Gasteiger partial charge in [-0.2, -0.15) is 0 Å². The number of aromatic nitrogens is 1. The molecule has 4 heterocycles. The van der Waals surface area contributed by atoms with E-state index in [1.807, 2.05) is 30.5 Å². The Hall–Kier alpha value is -1.25. The Morgan fingerprint density at radius 1 is 1.23 bits per heavy atom. The first-order valence-electron chi connectivity index (χ1n) is 8.76. The van der Waals surface area contributed by atoms with Gasteiger partial charge < -0.3 is 15.0 Å². The Morgan fingerprint density at radius 2 is 2.08 bits per heavy atom. The lowest BCUT2D eigenvalue weighted by Gasteiger charge is -2.31. The van der Waals surface area contributed by atoms with Gasteiger partial charge in [-0.25, -0.2) is 0 Å². The molecule has 2 aliphatic heterocycles.